The van der Waals surface area contributed by atoms with Gasteiger partial charge in [-0.3, -0.25) is 0 Å². The molecule has 6 nitrogen and oxygen atoms in total. The van der Waals surface area contributed by atoms with Gasteiger partial charge in [0.25, 0.3) is 0 Å². The zero-order valence-corrected chi connectivity index (χ0v) is 12.0. The van der Waals surface area contributed by atoms with Crippen molar-refractivity contribution in [3.63, 3.8) is 0 Å². The summed E-state index contributed by atoms with van der Waals surface area (Å²) in [6.07, 6.45) is 3.54. The van der Waals surface area contributed by atoms with Gasteiger partial charge in [-0.2, -0.15) is 4.68 Å². The molecular weight excluding hydrogens is 278 g/mol. The Morgan fingerprint density at radius 3 is 2.50 bits per heavy atom. The normalized spacial score (nSPS) is 11.0. The summed E-state index contributed by atoms with van der Waals surface area (Å²) in [4.78, 5) is 0. The van der Waals surface area contributed by atoms with Crippen LogP contribution < -0.4 is 5.32 Å². The number of rotatable bonds is 4. The molecule has 0 unspecified atom stereocenters. The molecule has 0 fully saturated rings. The molecule has 0 saturated heterocycles. The van der Waals surface area contributed by atoms with E-state index in [0.717, 1.165) is 11.4 Å². The highest BCUT2D eigenvalue weighted by molar-refractivity contribution is 5.53. The first kappa shape index (κ1) is 13.8. The number of aromatic nitrogens is 4. The maximum absolute atomic E-state index is 9.24. The fraction of sp³-hybridized carbons (Fsp3) is 0.0625. The predicted molar refractivity (Wildman–Crippen MR) is 84.7 cm³/mol. The van der Waals surface area contributed by atoms with Crippen LogP contribution in [0, 0.1) is 6.92 Å². The molecule has 0 spiro atoms. The Balaban J connectivity index is 1.76. The van der Waals surface area contributed by atoms with Crippen LogP contribution in [0.4, 0.5) is 5.69 Å². The van der Waals surface area contributed by atoms with Crippen LogP contribution in [0.25, 0.3) is 11.8 Å². The van der Waals surface area contributed by atoms with E-state index >= 15 is 0 Å². The van der Waals surface area contributed by atoms with Crippen molar-refractivity contribution in [2.24, 2.45) is 0 Å². The highest BCUT2D eigenvalue weighted by Gasteiger charge is 2.04. The standard InChI is InChI=1S/C16H15N5O/c1-12-2-6-14(7-3-12)21-16(18-19-20-21)10-11-17-13-4-8-15(22)9-5-13/h2-11,17,22H,1H3/b11-10+. The molecule has 6 heteroatoms. The van der Waals surface area contributed by atoms with Crippen LogP contribution in [0.15, 0.2) is 54.7 Å². The summed E-state index contributed by atoms with van der Waals surface area (Å²) in [5.74, 6) is 0.855. The smallest absolute Gasteiger partial charge is 0.181 e. The second-order valence-corrected chi connectivity index (χ2v) is 4.81. The van der Waals surface area contributed by atoms with Gasteiger partial charge in [0.1, 0.15) is 5.75 Å². The van der Waals surface area contributed by atoms with E-state index in [1.807, 2.05) is 31.2 Å². The van der Waals surface area contributed by atoms with E-state index in [0.29, 0.717) is 5.82 Å². The minimum atomic E-state index is 0.234. The zero-order valence-electron chi connectivity index (χ0n) is 12.0. The molecule has 1 aromatic heterocycles. The van der Waals surface area contributed by atoms with Crippen LogP contribution in [0.3, 0.4) is 0 Å². The lowest BCUT2D eigenvalue weighted by Gasteiger charge is -2.03. The molecule has 0 atom stereocenters. The molecule has 22 heavy (non-hydrogen) atoms. The van der Waals surface area contributed by atoms with Crippen LogP contribution in [0.5, 0.6) is 5.75 Å². The number of hydrogen-bond donors (Lipinski definition) is 2. The van der Waals surface area contributed by atoms with Gasteiger partial charge >= 0.3 is 0 Å². The second kappa shape index (κ2) is 6.09. The first-order valence-electron chi connectivity index (χ1n) is 6.80. The van der Waals surface area contributed by atoms with Gasteiger partial charge in [-0.25, -0.2) is 0 Å². The van der Waals surface area contributed by atoms with Crippen molar-refractivity contribution >= 4 is 11.8 Å². The molecule has 0 radical (unpaired) electrons. The zero-order chi connectivity index (χ0) is 15.4. The number of aromatic hydroxyl groups is 1. The Hall–Kier alpha value is -3.15. The molecule has 110 valence electrons. The Morgan fingerprint density at radius 2 is 1.77 bits per heavy atom. The molecule has 0 aliphatic carbocycles. The van der Waals surface area contributed by atoms with Crippen molar-refractivity contribution in [1.29, 1.82) is 0 Å². The molecule has 3 rings (SSSR count). The summed E-state index contributed by atoms with van der Waals surface area (Å²) in [6.45, 7) is 2.03. The maximum atomic E-state index is 9.24. The number of aryl methyl sites for hydroxylation is 1. The lowest BCUT2D eigenvalue weighted by atomic mass is 10.2. The molecule has 3 aromatic rings. The minimum absolute atomic E-state index is 0.234. The summed E-state index contributed by atoms with van der Waals surface area (Å²) in [6, 6.07) is 14.8. The summed E-state index contributed by atoms with van der Waals surface area (Å²) in [7, 11) is 0. The van der Waals surface area contributed by atoms with Gasteiger partial charge < -0.3 is 10.4 Å². The summed E-state index contributed by atoms with van der Waals surface area (Å²) < 4.78 is 1.66. The quantitative estimate of drug-likeness (QED) is 0.723. The van der Waals surface area contributed by atoms with Crippen molar-refractivity contribution in [3.05, 3.63) is 66.1 Å². The first-order valence-corrected chi connectivity index (χ1v) is 6.80. The van der Waals surface area contributed by atoms with E-state index in [9.17, 15) is 5.11 Å². The van der Waals surface area contributed by atoms with Crippen LogP contribution in [-0.4, -0.2) is 25.3 Å². The van der Waals surface area contributed by atoms with Gasteiger partial charge in [0.2, 0.25) is 0 Å². The maximum Gasteiger partial charge on any atom is 0.181 e. The Kier molecular flexibility index (Phi) is 3.82. The van der Waals surface area contributed by atoms with Gasteiger partial charge in [0, 0.05) is 18.0 Å². The average molecular weight is 293 g/mol. The number of nitrogens with zero attached hydrogens (tertiary/aromatic N) is 4. The third kappa shape index (κ3) is 3.12. The van der Waals surface area contributed by atoms with E-state index in [2.05, 4.69) is 20.8 Å². The Bertz CT molecular complexity index is 775. The van der Waals surface area contributed by atoms with Gasteiger partial charge in [-0.05, 0) is 53.7 Å². The average Bonchev–Trinajstić information content (AvgIpc) is 2.98. The number of anilines is 1. The third-order valence-electron chi connectivity index (χ3n) is 3.12. The summed E-state index contributed by atoms with van der Waals surface area (Å²) in [5.41, 5.74) is 2.95. The molecule has 0 aliphatic rings. The van der Waals surface area contributed by atoms with Gasteiger partial charge in [-0.15, -0.1) is 5.10 Å². The monoisotopic (exact) mass is 293 g/mol. The molecule has 2 N–H and O–H groups in total. The molecule has 0 amide bonds. The van der Waals surface area contributed by atoms with Crippen LogP contribution in [0.1, 0.15) is 11.4 Å². The SMILES string of the molecule is Cc1ccc(-n2nnnc2/C=C/Nc2ccc(O)cc2)cc1. The second-order valence-electron chi connectivity index (χ2n) is 4.81. The number of benzene rings is 2. The fourth-order valence-corrected chi connectivity index (χ4v) is 1.94. The lowest BCUT2D eigenvalue weighted by Crippen LogP contribution is -1.99. The highest BCUT2D eigenvalue weighted by Crippen LogP contribution is 2.14. The van der Waals surface area contributed by atoms with E-state index in [4.69, 9.17) is 0 Å². The number of phenolic OH excluding ortho intramolecular Hbond substituents is 1. The van der Waals surface area contributed by atoms with E-state index in [1.165, 1.54) is 5.56 Å². The van der Waals surface area contributed by atoms with Crippen LogP contribution >= 0.6 is 0 Å². The molecule has 0 aliphatic heterocycles. The Labute approximate surface area is 127 Å². The van der Waals surface area contributed by atoms with Crippen molar-refractivity contribution in [3.8, 4) is 11.4 Å². The van der Waals surface area contributed by atoms with Crippen LogP contribution in [0.2, 0.25) is 0 Å². The van der Waals surface area contributed by atoms with E-state index < -0.39 is 0 Å². The molecule has 0 saturated carbocycles. The van der Waals surface area contributed by atoms with Crippen molar-refractivity contribution < 1.29 is 5.11 Å². The van der Waals surface area contributed by atoms with Crippen LogP contribution in [-0.2, 0) is 0 Å². The molecule has 2 aromatic carbocycles. The molecular formula is C16H15N5O. The number of hydrogen-bond acceptors (Lipinski definition) is 5. The van der Waals surface area contributed by atoms with Crippen molar-refractivity contribution in [1.82, 2.24) is 20.2 Å². The van der Waals surface area contributed by atoms with E-state index in [-0.39, 0.29) is 5.75 Å². The van der Waals surface area contributed by atoms with Crippen molar-refractivity contribution in [2.45, 2.75) is 6.92 Å². The predicted octanol–water partition coefficient (Wildman–Crippen LogP) is 2.76. The largest absolute Gasteiger partial charge is 0.508 e. The minimum Gasteiger partial charge on any atom is -0.508 e. The number of tetrazole rings is 1. The molecule has 0 bridgehead atoms. The van der Waals surface area contributed by atoms with Gasteiger partial charge in [0.15, 0.2) is 5.82 Å². The van der Waals surface area contributed by atoms with Crippen molar-refractivity contribution in [2.75, 3.05) is 5.32 Å². The lowest BCUT2D eigenvalue weighted by molar-refractivity contribution is 0.475. The summed E-state index contributed by atoms with van der Waals surface area (Å²) >= 11 is 0. The molecule has 1 heterocycles. The highest BCUT2D eigenvalue weighted by atomic mass is 16.3. The first-order chi connectivity index (χ1) is 10.7. The number of nitrogens with one attached hydrogen (secondary N) is 1. The number of phenols is 1. The van der Waals surface area contributed by atoms with Gasteiger partial charge in [-0.1, -0.05) is 17.7 Å². The topological polar surface area (TPSA) is 75.9 Å². The van der Waals surface area contributed by atoms with E-state index in [1.54, 1.807) is 41.2 Å². The van der Waals surface area contributed by atoms with Gasteiger partial charge in [0.05, 0.1) is 5.69 Å². The Morgan fingerprint density at radius 1 is 1.05 bits per heavy atom. The fourth-order valence-electron chi connectivity index (χ4n) is 1.94. The third-order valence-corrected chi connectivity index (χ3v) is 3.12. The summed E-state index contributed by atoms with van der Waals surface area (Å²) in [5, 5.41) is 24.0.